The fraction of sp³-hybridized carbons (Fsp3) is 0.188. The topological polar surface area (TPSA) is 29.1 Å². The summed E-state index contributed by atoms with van der Waals surface area (Å²) in [6.07, 6.45) is -0.403. The zero-order valence-electron chi connectivity index (χ0n) is 11.2. The van der Waals surface area contributed by atoms with Crippen LogP contribution in [0, 0.1) is 0 Å². The van der Waals surface area contributed by atoms with Gasteiger partial charge in [0.15, 0.2) is 0 Å². The first-order valence-electron chi connectivity index (χ1n) is 6.46. The molecule has 0 aliphatic rings. The van der Waals surface area contributed by atoms with Crippen molar-refractivity contribution in [1.29, 1.82) is 0 Å². The Bertz CT molecular complexity index is 617. The molecule has 0 aliphatic carbocycles. The van der Waals surface area contributed by atoms with E-state index in [0.717, 1.165) is 5.56 Å². The van der Waals surface area contributed by atoms with Crippen molar-refractivity contribution >= 4 is 23.2 Å². The summed E-state index contributed by atoms with van der Waals surface area (Å²) in [5.74, 6) is -4.75. The minimum absolute atomic E-state index is 0.136. The van der Waals surface area contributed by atoms with E-state index < -0.39 is 18.3 Å². The van der Waals surface area contributed by atoms with E-state index in [1.807, 2.05) is 6.07 Å². The lowest BCUT2D eigenvalue weighted by Gasteiger charge is -2.16. The van der Waals surface area contributed by atoms with Crippen LogP contribution in [0.2, 0.25) is 5.02 Å². The number of anilines is 1. The van der Waals surface area contributed by atoms with Crippen LogP contribution in [0.4, 0.5) is 14.5 Å². The molecule has 0 unspecified atom stereocenters. The molecule has 0 aromatic heterocycles. The number of hydrogen-bond donors (Lipinski definition) is 1. The molecule has 0 saturated heterocycles. The molecule has 2 aromatic rings. The lowest BCUT2D eigenvalue weighted by atomic mass is 10.1. The van der Waals surface area contributed by atoms with Crippen LogP contribution in [0.25, 0.3) is 0 Å². The molecule has 0 fully saturated rings. The molecule has 2 rings (SSSR count). The van der Waals surface area contributed by atoms with Gasteiger partial charge >= 0.3 is 5.92 Å². The second-order valence-corrected chi connectivity index (χ2v) is 5.09. The van der Waals surface area contributed by atoms with Gasteiger partial charge in [0, 0.05) is 17.1 Å². The Morgan fingerprint density at radius 1 is 1.10 bits per heavy atom. The standard InChI is InChI=1S/C16H14ClF2NO/c17-13-7-4-8-14(11-13)20-15(21)16(18,19)10-9-12-5-2-1-3-6-12/h1-8,11H,9-10H2,(H,20,21). The number of carbonyl (C=O) groups is 1. The molecule has 2 aromatic carbocycles. The van der Waals surface area contributed by atoms with E-state index in [2.05, 4.69) is 5.32 Å². The minimum atomic E-state index is -3.43. The molecule has 0 bridgehead atoms. The van der Waals surface area contributed by atoms with Crippen molar-refractivity contribution < 1.29 is 13.6 Å². The Kier molecular flexibility index (Phi) is 4.91. The highest BCUT2D eigenvalue weighted by atomic mass is 35.5. The van der Waals surface area contributed by atoms with Crippen molar-refractivity contribution in [2.24, 2.45) is 0 Å². The van der Waals surface area contributed by atoms with Crippen molar-refractivity contribution in [3.63, 3.8) is 0 Å². The zero-order chi connectivity index (χ0) is 15.3. The van der Waals surface area contributed by atoms with Gasteiger partial charge in [-0.2, -0.15) is 8.78 Å². The molecule has 1 N–H and O–H groups in total. The van der Waals surface area contributed by atoms with E-state index in [-0.39, 0.29) is 12.1 Å². The zero-order valence-corrected chi connectivity index (χ0v) is 11.9. The van der Waals surface area contributed by atoms with Gasteiger partial charge in [-0.3, -0.25) is 4.79 Å². The van der Waals surface area contributed by atoms with Crippen LogP contribution in [0.3, 0.4) is 0 Å². The van der Waals surface area contributed by atoms with Crippen molar-refractivity contribution in [3.05, 3.63) is 65.2 Å². The minimum Gasteiger partial charge on any atom is -0.321 e. The SMILES string of the molecule is O=C(Nc1cccc(Cl)c1)C(F)(F)CCc1ccccc1. The number of amides is 1. The second kappa shape index (κ2) is 6.68. The number of aryl methyl sites for hydroxylation is 1. The Morgan fingerprint density at radius 3 is 2.48 bits per heavy atom. The summed E-state index contributed by atoms with van der Waals surface area (Å²) < 4.78 is 27.7. The van der Waals surface area contributed by atoms with Crippen molar-refractivity contribution in [2.75, 3.05) is 5.32 Å². The maximum Gasteiger partial charge on any atom is 0.325 e. The van der Waals surface area contributed by atoms with Crippen LogP contribution >= 0.6 is 11.6 Å². The molecule has 0 spiro atoms. The number of carbonyl (C=O) groups excluding carboxylic acids is 1. The van der Waals surface area contributed by atoms with Crippen molar-refractivity contribution in [3.8, 4) is 0 Å². The number of benzene rings is 2. The summed E-state index contributed by atoms with van der Waals surface area (Å²) in [7, 11) is 0. The summed E-state index contributed by atoms with van der Waals surface area (Å²) >= 11 is 5.74. The Balaban J connectivity index is 1.96. The van der Waals surface area contributed by atoms with E-state index in [0.29, 0.717) is 5.02 Å². The highest BCUT2D eigenvalue weighted by Gasteiger charge is 2.38. The van der Waals surface area contributed by atoms with E-state index in [9.17, 15) is 13.6 Å². The van der Waals surface area contributed by atoms with E-state index in [4.69, 9.17) is 11.6 Å². The van der Waals surface area contributed by atoms with Crippen LogP contribution in [0.5, 0.6) is 0 Å². The molecular formula is C16H14ClF2NO. The Hall–Kier alpha value is -1.94. The first-order chi connectivity index (χ1) is 9.97. The van der Waals surface area contributed by atoms with E-state index in [1.165, 1.54) is 12.1 Å². The smallest absolute Gasteiger partial charge is 0.321 e. The van der Waals surface area contributed by atoms with Gasteiger partial charge in [0.25, 0.3) is 5.91 Å². The van der Waals surface area contributed by atoms with Crippen LogP contribution in [0.15, 0.2) is 54.6 Å². The van der Waals surface area contributed by atoms with Crippen LogP contribution in [-0.2, 0) is 11.2 Å². The Labute approximate surface area is 126 Å². The van der Waals surface area contributed by atoms with Gasteiger partial charge in [-0.1, -0.05) is 48.0 Å². The monoisotopic (exact) mass is 309 g/mol. The molecule has 1 amide bonds. The molecule has 110 valence electrons. The number of nitrogens with one attached hydrogen (secondary N) is 1. The first-order valence-corrected chi connectivity index (χ1v) is 6.84. The summed E-state index contributed by atoms with van der Waals surface area (Å²) in [5, 5.41) is 2.56. The van der Waals surface area contributed by atoms with Gasteiger partial charge in [-0.15, -0.1) is 0 Å². The Morgan fingerprint density at radius 2 is 1.81 bits per heavy atom. The third-order valence-electron chi connectivity index (χ3n) is 2.99. The maximum atomic E-state index is 13.8. The first kappa shape index (κ1) is 15.4. The van der Waals surface area contributed by atoms with E-state index >= 15 is 0 Å². The van der Waals surface area contributed by atoms with Crippen LogP contribution in [0.1, 0.15) is 12.0 Å². The van der Waals surface area contributed by atoms with Gasteiger partial charge < -0.3 is 5.32 Å². The number of hydrogen-bond acceptors (Lipinski definition) is 1. The molecule has 0 radical (unpaired) electrons. The number of alkyl halides is 2. The molecule has 0 heterocycles. The van der Waals surface area contributed by atoms with Gasteiger partial charge in [-0.05, 0) is 30.2 Å². The normalized spacial score (nSPS) is 11.2. The van der Waals surface area contributed by atoms with Gasteiger partial charge in [0.05, 0.1) is 0 Å². The third kappa shape index (κ3) is 4.53. The molecule has 0 saturated carbocycles. The summed E-state index contributed by atoms with van der Waals surface area (Å²) in [4.78, 5) is 11.7. The van der Waals surface area contributed by atoms with Gasteiger partial charge in [-0.25, -0.2) is 0 Å². The highest BCUT2D eigenvalue weighted by molar-refractivity contribution is 6.30. The fourth-order valence-corrected chi connectivity index (χ4v) is 2.04. The van der Waals surface area contributed by atoms with Crippen LogP contribution < -0.4 is 5.32 Å². The van der Waals surface area contributed by atoms with E-state index in [1.54, 1.807) is 36.4 Å². The number of halogens is 3. The number of rotatable bonds is 5. The van der Waals surface area contributed by atoms with Gasteiger partial charge in [0.2, 0.25) is 0 Å². The largest absolute Gasteiger partial charge is 0.325 e. The lowest BCUT2D eigenvalue weighted by Crippen LogP contribution is -2.35. The predicted molar refractivity (Wildman–Crippen MR) is 79.8 cm³/mol. The van der Waals surface area contributed by atoms with Gasteiger partial charge in [0.1, 0.15) is 0 Å². The molecular weight excluding hydrogens is 296 g/mol. The highest BCUT2D eigenvalue weighted by Crippen LogP contribution is 2.24. The predicted octanol–water partition coefficient (Wildman–Crippen LogP) is 4.55. The molecule has 2 nitrogen and oxygen atoms in total. The van der Waals surface area contributed by atoms with Crippen LogP contribution in [-0.4, -0.2) is 11.8 Å². The molecule has 5 heteroatoms. The third-order valence-corrected chi connectivity index (χ3v) is 3.22. The summed E-state index contributed by atoms with van der Waals surface area (Å²) in [6, 6.07) is 15.0. The second-order valence-electron chi connectivity index (χ2n) is 4.65. The van der Waals surface area contributed by atoms with Crippen molar-refractivity contribution in [1.82, 2.24) is 0 Å². The molecule has 0 atom stereocenters. The average molecular weight is 310 g/mol. The molecule has 0 aliphatic heterocycles. The average Bonchev–Trinajstić information content (AvgIpc) is 2.46. The lowest BCUT2D eigenvalue weighted by molar-refractivity contribution is -0.140. The summed E-state index contributed by atoms with van der Waals surface area (Å²) in [6.45, 7) is 0. The fourth-order valence-electron chi connectivity index (χ4n) is 1.85. The molecule has 21 heavy (non-hydrogen) atoms. The quantitative estimate of drug-likeness (QED) is 0.862. The summed E-state index contributed by atoms with van der Waals surface area (Å²) in [5.41, 5.74) is 1.03. The van der Waals surface area contributed by atoms with Crippen molar-refractivity contribution in [2.45, 2.75) is 18.8 Å². The maximum absolute atomic E-state index is 13.8.